The summed E-state index contributed by atoms with van der Waals surface area (Å²) < 4.78 is 1.97. The van der Waals surface area contributed by atoms with E-state index in [1.807, 2.05) is 72.4 Å². The summed E-state index contributed by atoms with van der Waals surface area (Å²) in [6.45, 7) is 0. The van der Waals surface area contributed by atoms with E-state index in [1.54, 1.807) is 0 Å². The average Bonchev–Trinajstić information content (AvgIpc) is 2.40. The molecule has 1 aromatic heterocycles. The number of nitrogens with zero attached hydrogens (tertiary/aromatic N) is 1. The van der Waals surface area contributed by atoms with Crippen LogP contribution >= 0.6 is 0 Å². The summed E-state index contributed by atoms with van der Waals surface area (Å²) in [6.07, 6.45) is 2.04. The zero-order valence-corrected chi connectivity index (χ0v) is 10.2. The highest BCUT2D eigenvalue weighted by Crippen LogP contribution is 2.32. The van der Waals surface area contributed by atoms with E-state index in [9.17, 15) is 5.11 Å². The Hall–Kier alpha value is -2.35. The van der Waals surface area contributed by atoms with Crippen LogP contribution in [0.5, 0.6) is 5.75 Å². The Morgan fingerprint density at radius 3 is 2.33 bits per heavy atom. The van der Waals surface area contributed by atoms with Gasteiger partial charge in [-0.15, -0.1) is 0 Å². The van der Waals surface area contributed by atoms with Gasteiger partial charge in [-0.25, -0.2) is 0 Å². The van der Waals surface area contributed by atoms with E-state index in [2.05, 4.69) is 0 Å². The fourth-order valence-electron chi connectivity index (χ4n) is 2.33. The van der Waals surface area contributed by atoms with Crippen molar-refractivity contribution < 1.29 is 9.67 Å². The van der Waals surface area contributed by atoms with Gasteiger partial charge in [-0.2, -0.15) is 4.57 Å². The van der Waals surface area contributed by atoms with Gasteiger partial charge >= 0.3 is 0 Å². The number of aryl methyl sites for hydroxylation is 1. The molecule has 1 N–H and O–H groups in total. The molecule has 0 saturated heterocycles. The molecule has 0 aliphatic carbocycles. The van der Waals surface area contributed by atoms with Crippen LogP contribution in [-0.2, 0) is 7.05 Å². The second kappa shape index (κ2) is 4.15. The highest BCUT2D eigenvalue weighted by Gasteiger charge is 2.18. The zero-order chi connectivity index (χ0) is 12.5. The minimum atomic E-state index is 0.335. The Kier molecular flexibility index (Phi) is 2.49. The fraction of sp³-hybridized carbons (Fsp3) is 0.0625. The first kappa shape index (κ1) is 10.8. The van der Waals surface area contributed by atoms with Crippen molar-refractivity contribution in [3.8, 4) is 17.0 Å². The molecule has 18 heavy (non-hydrogen) atoms. The summed E-state index contributed by atoms with van der Waals surface area (Å²) in [5.74, 6) is 0.335. The molecule has 0 bridgehead atoms. The van der Waals surface area contributed by atoms with Gasteiger partial charge in [-0.3, -0.25) is 0 Å². The lowest BCUT2D eigenvalue weighted by atomic mass is 10.1. The molecule has 3 aromatic rings. The molecule has 3 rings (SSSR count). The monoisotopic (exact) mass is 236 g/mol. The van der Waals surface area contributed by atoms with Crippen LogP contribution in [0, 0.1) is 0 Å². The van der Waals surface area contributed by atoms with Gasteiger partial charge in [0.1, 0.15) is 7.05 Å². The van der Waals surface area contributed by atoms with Gasteiger partial charge in [0.15, 0.2) is 11.9 Å². The molecule has 0 spiro atoms. The molecule has 2 heteroatoms. The van der Waals surface area contributed by atoms with Gasteiger partial charge in [0.25, 0.3) is 5.69 Å². The highest BCUT2D eigenvalue weighted by molar-refractivity contribution is 5.91. The van der Waals surface area contributed by atoms with Gasteiger partial charge in [-0.05, 0) is 18.2 Å². The normalized spacial score (nSPS) is 10.7. The molecule has 0 aliphatic heterocycles. The predicted molar refractivity (Wildman–Crippen MR) is 72.2 cm³/mol. The minimum absolute atomic E-state index is 0.335. The molecule has 2 aromatic carbocycles. The molecule has 0 atom stereocenters. The van der Waals surface area contributed by atoms with Gasteiger partial charge in [0.05, 0.1) is 5.56 Å². The van der Waals surface area contributed by atoms with Crippen molar-refractivity contribution in [3.63, 3.8) is 0 Å². The SMILES string of the molecule is C[n+]1cc2ccccc2c(O)c1-c1ccccc1. The molecule has 0 saturated carbocycles. The number of aromatic hydroxyl groups is 1. The third-order valence-electron chi connectivity index (χ3n) is 3.17. The van der Waals surface area contributed by atoms with Crippen molar-refractivity contribution in [2.24, 2.45) is 7.05 Å². The highest BCUT2D eigenvalue weighted by atomic mass is 16.3. The maximum absolute atomic E-state index is 10.5. The molecule has 0 fully saturated rings. The van der Waals surface area contributed by atoms with E-state index in [0.717, 1.165) is 22.0 Å². The van der Waals surface area contributed by atoms with Crippen LogP contribution in [0.15, 0.2) is 60.8 Å². The van der Waals surface area contributed by atoms with Crippen molar-refractivity contribution >= 4 is 10.8 Å². The Bertz CT molecular complexity index is 705. The molecular weight excluding hydrogens is 222 g/mol. The summed E-state index contributed by atoms with van der Waals surface area (Å²) in [7, 11) is 1.95. The van der Waals surface area contributed by atoms with Gasteiger partial charge < -0.3 is 5.11 Å². The Morgan fingerprint density at radius 1 is 0.889 bits per heavy atom. The second-order valence-corrected chi connectivity index (χ2v) is 4.39. The van der Waals surface area contributed by atoms with Crippen LogP contribution in [0.3, 0.4) is 0 Å². The van der Waals surface area contributed by atoms with Crippen LogP contribution in [0.25, 0.3) is 22.0 Å². The van der Waals surface area contributed by atoms with E-state index < -0.39 is 0 Å². The third-order valence-corrected chi connectivity index (χ3v) is 3.17. The maximum Gasteiger partial charge on any atom is 0.255 e. The second-order valence-electron chi connectivity index (χ2n) is 4.39. The topological polar surface area (TPSA) is 24.1 Å². The van der Waals surface area contributed by atoms with E-state index in [-0.39, 0.29) is 0 Å². The number of fused-ring (bicyclic) bond motifs is 1. The number of hydrogen-bond acceptors (Lipinski definition) is 1. The fourth-order valence-corrected chi connectivity index (χ4v) is 2.33. The van der Waals surface area contributed by atoms with Crippen LogP contribution < -0.4 is 4.57 Å². The molecule has 88 valence electrons. The van der Waals surface area contributed by atoms with Crippen molar-refractivity contribution in [2.45, 2.75) is 0 Å². The van der Waals surface area contributed by atoms with E-state index >= 15 is 0 Å². The first-order valence-electron chi connectivity index (χ1n) is 5.93. The van der Waals surface area contributed by atoms with Crippen molar-refractivity contribution in [1.82, 2.24) is 0 Å². The van der Waals surface area contributed by atoms with Crippen molar-refractivity contribution in [2.75, 3.05) is 0 Å². The summed E-state index contributed by atoms with van der Waals surface area (Å²) in [4.78, 5) is 0. The summed E-state index contributed by atoms with van der Waals surface area (Å²) in [5.41, 5.74) is 1.86. The summed E-state index contributed by atoms with van der Waals surface area (Å²) in [5, 5.41) is 12.4. The summed E-state index contributed by atoms with van der Waals surface area (Å²) in [6, 6.07) is 17.8. The van der Waals surface area contributed by atoms with Crippen LogP contribution in [-0.4, -0.2) is 5.11 Å². The first-order valence-corrected chi connectivity index (χ1v) is 5.93. The number of rotatable bonds is 1. The predicted octanol–water partition coefficient (Wildman–Crippen LogP) is 3.04. The van der Waals surface area contributed by atoms with Gasteiger partial charge in [-0.1, -0.05) is 36.4 Å². The van der Waals surface area contributed by atoms with E-state index in [4.69, 9.17) is 0 Å². The molecule has 0 amide bonds. The van der Waals surface area contributed by atoms with Crippen molar-refractivity contribution in [1.29, 1.82) is 0 Å². The van der Waals surface area contributed by atoms with Crippen LogP contribution in [0.2, 0.25) is 0 Å². The standard InChI is InChI=1S/C16H13NO/c1-17-11-13-9-5-6-10-14(13)16(18)15(17)12-7-3-2-4-8-12/h2-11H,1H3/p+1. The molecule has 0 aliphatic rings. The van der Waals surface area contributed by atoms with Crippen LogP contribution in [0.1, 0.15) is 0 Å². The minimum Gasteiger partial charge on any atom is -0.502 e. The smallest absolute Gasteiger partial charge is 0.255 e. The van der Waals surface area contributed by atoms with Gasteiger partial charge in [0, 0.05) is 10.8 Å². The lowest BCUT2D eigenvalue weighted by Gasteiger charge is -2.06. The number of pyridine rings is 1. The van der Waals surface area contributed by atoms with Crippen molar-refractivity contribution in [3.05, 3.63) is 60.8 Å². The molecule has 0 radical (unpaired) electrons. The Balaban J connectivity index is 2.37. The molecule has 0 unspecified atom stereocenters. The number of hydrogen-bond donors (Lipinski definition) is 1. The Labute approximate surface area is 106 Å². The molecule has 2 nitrogen and oxygen atoms in total. The van der Waals surface area contributed by atoms with E-state index in [1.165, 1.54) is 0 Å². The third kappa shape index (κ3) is 1.63. The first-order chi connectivity index (χ1) is 8.77. The lowest BCUT2D eigenvalue weighted by molar-refractivity contribution is -0.659. The molecular formula is C16H14NO+. The maximum atomic E-state index is 10.5. The number of aromatic nitrogens is 1. The summed E-state index contributed by atoms with van der Waals surface area (Å²) >= 11 is 0. The van der Waals surface area contributed by atoms with E-state index in [0.29, 0.717) is 5.75 Å². The van der Waals surface area contributed by atoms with Crippen LogP contribution in [0.4, 0.5) is 0 Å². The Morgan fingerprint density at radius 2 is 1.56 bits per heavy atom. The number of benzene rings is 2. The quantitative estimate of drug-likeness (QED) is 0.645. The lowest BCUT2D eigenvalue weighted by Crippen LogP contribution is -2.30. The zero-order valence-electron chi connectivity index (χ0n) is 10.2. The molecule has 1 heterocycles. The average molecular weight is 236 g/mol. The largest absolute Gasteiger partial charge is 0.502 e. The van der Waals surface area contributed by atoms with Gasteiger partial charge in [0.2, 0.25) is 0 Å².